The number of fused-ring (bicyclic) bond motifs is 2. The van der Waals surface area contributed by atoms with Crippen molar-refractivity contribution in [3.63, 3.8) is 0 Å². The predicted octanol–water partition coefficient (Wildman–Crippen LogP) is 9.87. The summed E-state index contributed by atoms with van der Waals surface area (Å²) in [5.74, 6) is 0. The van der Waals surface area contributed by atoms with Gasteiger partial charge in [-0.2, -0.15) is 4.57 Å². The Morgan fingerprint density at radius 1 is 0.975 bits per heavy atom. The van der Waals surface area contributed by atoms with E-state index in [1.807, 2.05) is 29.2 Å². The highest BCUT2D eigenvalue weighted by Crippen LogP contribution is 2.47. The Bertz CT molecular complexity index is 1610. The van der Waals surface area contributed by atoms with E-state index < -0.39 is 0 Å². The Hall–Kier alpha value is -2.73. The summed E-state index contributed by atoms with van der Waals surface area (Å²) < 4.78 is 3.79. The Morgan fingerprint density at radius 3 is 2.38 bits per heavy atom. The number of hydrogen-bond acceptors (Lipinski definition) is 4. The summed E-state index contributed by atoms with van der Waals surface area (Å²) in [5, 5.41) is 3.35. The number of anilines is 2. The van der Waals surface area contributed by atoms with Crippen molar-refractivity contribution < 1.29 is 4.57 Å². The molecule has 0 spiro atoms. The lowest BCUT2D eigenvalue weighted by Crippen LogP contribution is -2.33. The number of aromatic nitrogens is 1. The van der Waals surface area contributed by atoms with Crippen molar-refractivity contribution in [3.8, 4) is 11.1 Å². The van der Waals surface area contributed by atoms with Crippen LogP contribution in [0.5, 0.6) is 0 Å². The minimum Gasteiger partial charge on any atom is -0.374 e. The first kappa shape index (κ1) is 28.8. The van der Waals surface area contributed by atoms with Crippen LogP contribution >= 0.6 is 34.7 Å². The molecule has 3 aromatic carbocycles. The van der Waals surface area contributed by atoms with Gasteiger partial charge in [0.05, 0.1) is 10.7 Å². The zero-order valence-corrected chi connectivity index (χ0v) is 27.0. The molecule has 6 heteroatoms. The lowest BCUT2D eigenvalue weighted by molar-refractivity contribution is -0.665. The van der Waals surface area contributed by atoms with Gasteiger partial charge >= 0.3 is 0 Å². The van der Waals surface area contributed by atoms with E-state index in [4.69, 9.17) is 11.6 Å². The van der Waals surface area contributed by atoms with Crippen LogP contribution in [0.4, 0.5) is 11.4 Å². The molecule has 0 radical (unpaired) electrons. The van der Waals surface area contributed by atoms with Crippen LogP contribution in [-0.4, -0.2) is 20.1 Å². The fourth-order valence-electron chi connectivity index (χ4n) is 5.67. The molecular formula is C34H39ClN3S2+. The standard InChI is InChI=1S/C34H39ClN3S2/c1-8-24(19-33-38(11-4)29-21-27(35)13-15-31(29)40-33)18-32-37(10-3)28-20-25(12-14-30(28)39-32)26-16-22(5)34(23(6)17-26)36(7)9-2/h12-21H,8-11H2,1-7H3/q+1. The Morgan fingerprint density at radius 2 is 1.73 bits per heavy atom. The van der Waals surface area contributed by atoms with Crippen molar-refractivity contribution in [2.24, 2.45) is 0 Å². The van der Waals surface area contributed by atoms with Crippen LogP contribution in [-0.2, 0) is 6.54 Å². The largest absolute Gasteiger partial charge is 0.374 e. The number of nitrogens with zero attached hydrogens (tertiary/aromatic N) is 3. The van der Waals surface area contributed by atoms with Gasteiger partial charge in [-0.3, -0.25) is 0 Å². The summed E-state index contributed by atoms with van der Waals surface area (Å²) in [6, 6.07) is 17.8. The van der Waals surface area contributed by atoms with Crippen molar-refractivity contribution in [2.75, 3.05) is 29.9 Å². The average Bonchev–Trinajstić information content (AvgIpc) is 3.47. The number of allylic oxidation sites excluding steroid dienone is 2. The molecule has 0 bridgehead atoms. The van der Waals surface area contributed by atoms with Gasteiger partial charge in [0.2, 0.25) is 5.52 Å². The van der Waals surface area contributed by atoms with Crippen LogP contribution < -0.4 is 14.4 Å². The number of hydrogen-bond donors (Lipinski definition) is 0. The molecule has 0 unspecified atom stereocenters. The van der Waals surface area contributed by atoms with Crippen LogP contribution in [0.15, 0.2) is 70.1 Å². The maximum absolute atomic E-state index is 6.33. The molecule has 208 valence electrons. The van der Waals surface area contributed by atoms with E-state index in [1.54, 1.807) is 0 Å². The van der Waals surface area contributed by atoms with E-state index >= 15 is 0 Å². The zero-order chi connectivity index (χ0) is 28.6. The molecule has 0 fully saturated rings. The maximum Gasteiger partial charge on any atom is 0.263 e. The molecule has 0 amide bonds. The van der Waals surface area contributed by atoms with Crippen molar-refractivity contribution in [3.05, 3.63) is 86.4 Å². The van der Waals surface area contributed by atoms with Crippen LogP contribution in [0.25, 0.3) is 27.4 Å². The fraction of sp³-hybridized carbons (Fsp3) is 0.324. The summed E-state index contributed by atoms with van der Waals surface area (Å²) in [7, 11) is 2.17. The highest BCUT2D eigenvalue weighted by molar-refractivity contribution is 8.03. The summed E-state index contributed by atoms with van der Waals surface area (Å²) in [6.45, 7) is 16.2. The van der Waals surface area contributed by atoms with Gasteiger partial charge in [-0.1, -0.05) is 47.7 Å². The molecule has 0 aliphatic carbocycles. The van der Waals surface area contributed by atoms with Crippen LogP contribution in [0.1, 0.15) is 50.3 Å². The van der Waals surface area contributed by atoms with Gasteiger partial charge < -0.3 is 9.80 Å². The van der Waals surface area contributed by atoms with Crippen molar-refractivity contribution >= 4 is 62.4 Å². The van der Waals surface area contributed by atoms with Gasteiger partial charge in [0, 0.05) is 47.9 Å². The normalized spacial score (nSPS) is 14.4. The second-order valence-electron chi connectivity index (χ2n) is 10.4. The molecule has 0 atom stereocenters. The van der Waals surface area contributed by atoms with Crippen LogP contribution in [0, 0.1) is 13.8 Å². The third-order valence-corrected chi connectivity index (χ3v) is 10.2. The second-order valence-corrected chi connectivity index (χ2v) is 12.9. The molecule has 5 rings (SSSR count). The van der Waals surface area contributed by atoms with Crippen molar-refractivity contribution in [2.45, 2.75) is 59.4 Å². The number of benzene rings is 3. The lowest BCUT2D eigenvalue weighted by Gasteiger charge is -2.23. The van der Waals surface area contributed by atoms with Crippen molar-refractivity contribution in [1.29, 1.82) is 0 Å². The topological polar surface area (TPSA) is 10.4 Å². The average molecular weight is 589 g/mol. The first-order valence-corrected chi connectivity index (χ1v) is 16.2. The van der Waals surface area contributed by atoms with E-state index in [9.17, 15) is 0 Å². The first-order chi connectivity index (χ1) is 19.3. The van der Waals surface area contributed by atoms with E-state index in [2.05, 4.69) is 118 Å². The van der Waals surface area contributed by atoms with Crippen LogP contribution in [0.3, 0.4) is 0 Å². The third kappa shape index (κ3) is 5.44. The van der Waals surface area contributed by atoms with Gasteiger partial charge in [0.15, 0.2) is 0 Å². The quantitative estimate of drug-likeness (QED) is 0.190. The molecule has 3 nitrogen and oxygen atoms in total. The summed E-state index contributed by atoms with van der Waals surface area (Å²) in [6.07, 6.45) is 5.71. The van der Waals surface area contributed by atoms with E-state index in [0.717, 1.165) is 31.1 Å². The van der Waals surface area contributed by atoms with Gasteiger partial charge in [-0.15, -0.1) is 0 Å². The smallest absolute Gasteiger partial charge is 0.263 e. The van der Waals surface area contributed by atoms with E-state index in [0.29, 0.717) is 0 Å². The van der Waals surface area contributed by atoms with Gasteiger partial charge in [-0.05, 0) is 111 Å². The van der Waals surface area contributed by atoms with E-state index in [-0.39, 0.29) is 0 Å². The summed E-state index contributed by atoms with van der Waals surface area (Å²) in [5.41, 5.74) is 10.4. The number of thiazole rings is 1. The molecule has 0 saturated carbocycles. The number of rotatable bonds is 8. The first-order valence-electron chi connectivity index (χ1n) is 14.2. The van der Waals surface area contributed by atoms with E-state index in [1.165, 1.54) is 64.4 Å². The highest BCUT2D eigenvalue weighted by Gasteiger charge is 2.25. The van der Waals surface area contributed by atoms with Gasteiger partial charge in [0.1, 0.15) is 11.2 Å². The SMILES string of the molecule is CCC(/C=C1\Sc2ccc(Cl)cc2N1CC)=C\c1sc2ccc(-c3cc(C)c(N(C)CC)c(C)c3)cc2[n+]1CC. The number of halogens is 1. The summed E-state index contributed by atoms with van der Waals surface area (Å²) in [4.78, 5) is 5.97. The monoisotopic (exact) mass is 588 g/mol. The molecule has 0 saturated heterocycles. The minimum atomic E-state index is 0.786. The van der Waals surface area contributed by atoms with Crippen molar-refractivity contribution in [1.82, 2.24) is 0 Å². The molecule has 2 heterocycles. The number of thioether (sulfide) groups is 1. The number of aryl methyl sites for hydroxylation is 3. The molecule has 40 heavy (non-hydrogen) atoms. The molecule has 1 aliphatic rings. The Labute approximate surface area is 252 Å². The Balaban J connectivity index is 1.52. The zero-order valence-electron chi connectivity index (χ0n) is 24.6. The summed E-state index contributed by atoms with van der Waals surface area (Å²) >= 11 is 10.0. The van der Waals surface area contributed by atoms with Gasteiger partial charge in [0.25, 0.3) is 5.01 Å². The molecule has 0 N–H and O–H groups in total. The molecule has 1 aliphatic heterocycles. The molecular weight excluding hydrogens is 550 g/mol. The highest BCUT2D eigenvalue weighted by atomic mass is 35.5. The van der Waals surface area contributed by atoms with Crippen LogP contribution in [0.2, 0.25) is 5.02 Å². The third-order valence-electron chi connectivity index (χ3n) is 7.76. The maximum atomic E-state index is 6.33. The lowest BCUT2D eigenvalue weighted by atomic mass is 9.98. The Kier molecular flexibility index (Phi) is 8.65. The van der Waals surface area contributed by atoms with Gasteiger partial charge in [-0.25, -0.2) is 0 Å². The minimum absolute atomic E-state index is 0.786. The predicted molar refractivity (Wildman–Crippen MR) is 178 cm³/mol. The molecule has 1 aromatic heterocycles. The second kappa shape index (κ2) is 12.0. The molecule has 4 aromatic rings. The fourth-order valence-corrected chi connectivity index (χ4v) is 8.20.